The number of hydrogen-bond acceptors (Lipinski definition) is 3. The predicted octanol–water partition coefficient (Wildman–Crippen LogP) is 3.74. The Morgan fingerprint density at radius 2 is 1.85 bits per heavy atom. The van der Waals surface area contributed by atoms with Crippen LogP contribution in [-0.2, 0) is 4.79 Å². The van der Waals surface area contributed by atoms with Crippen LogP contribution in [0.25, 0.3) is 11.1 Å². The number of rotatable bonds is 4. The van der Waals surface area contributed by atoms with Gasteiger partial charge in [-0.3, -0.25) is 4.79 Å². The third-order valence-corrected chi connectivity index (χ3v) is 5.18. The second kappa shape index (κ2) is 8.16. The highest BCUT2D eigenvalue weighted by molar-refractivity contribution is 5.79. The van der Waals surface area contributed by atoms with Gasteiger partial charge in [-0.15, -0.1) is 0 Å². The summed E-state index contributed by atoms with van der Waals surface area (Å²) in [5.74, 6) is 0.290. The molecule has 1 N–H and O–H groups in total. The van der Waals surface area contributed by atoms with E-state index in [0.717, 1.165) is 42.6 Å². The molecule has 2 aromatic carbocycles. The van der Waals surface area contributed by atoms with Crippen LogP contribution in [0.4, 0.5) is 0 Å². The van der Waals surface area contributed by atoms with Gasteiger partial charge in [0, 0.05) is 5.92 Å². The lowest BCUT2D eigenvalue weighted by Crippen LogP contribution is -2.39. The molecule has 4 nitrogen and oxygen atoms in total. The molecule has 1 fully saturated rings. The zero-order valence-corrected chi connectivity index (χ0v) is 15.4. The second-order valence-corrected chi connectivity index (χ2v) is 7.12. The number of carbonyl (C=O) groups is 1. The van der Waals surface area contributed by atoms with E-state index in [2.05, 4.69) is 23.3 Å². The van der Waals surface area contributed by atoms with Crippen molar-refractivity contribution < 1.29 is 4.79 Å². The van der Waals surface area contributed by atoms with Crippen molar-refractivity contribution in [2.75, 3.05) is 20.1 Å². The van der Waals surface area contributed by atoms with Crippen molar-refractivity contribution in [3.05, 3.63) is 59.7 Å². The summed E-state index contributed by atoms with van der Waals surface area (Å²) >= 11 is 0. The molecule has 1 heterocycles. The monoisotopic (exact) mass is 347 g/mol. The molecule has 1 aliphatic heterocycles. The van der Waals surface area contributed by atoms with E-state index in [9.17, 15) is 4.79 Å². The fourth-order valence-electron chi connectivity index (χ4n) is 3.42. The first-order valence-electron chi connectivity index (χ1n) is 9.16. The molecule has 0 aliphatic carbocycles. The Labute approximate surface area is 155 Å². The number of nitrogens with zero attached hydrogens (tertiary/aromatic N) is 2. The van der Waals surface area contributed by atoms with Crippen molar-refractivity contribution in [2.24, 2.45) is 5.92 Å². The number of nitrogens with one attached hydrogen (secondary N) is 1. The zero-order valence-electron chi connectivity index (χ0n) is 15.4. The molecule has 0 radical (unpaired) electrons. The maximum atomic E-state index is 12.5. The minimum absolute atomic E-state index is 0.0124. The fraction of sp³-hybridized carbons (Fsp3) is 0.364. The smallest absolute Gasteiger partial charge is 0.223 e. The van der Waals surface area contributed by atoms with E-state index in [1.54, 1.807) is 6.07 Å². The lowest BCUT2D eigenvalue weighted by atomic mass is 9.95. The molecule has 134 valence electrons. The molecule has 1 atom stereocenters. The van der Waals surface area contributed by atoms with E-state index in [4.69, 9.17) is 5.26 Å². The highest BCUT2D eigenvalue weighted by atomic mass is 16.1. The standard InChI is InChI=1S/C22H25N3O/c1-16(24-22(26)20-10-12-25(2)13-11-20)18-6-8-19(9-7-18)21-5-3-4-17(14-21)15-23/h3-9,14,16,20H,10-13H2,1-2H3,(H,24,26)/t16-/m0/s1. The van der Waals surface area contributed by atoms with Crippen LogP contribution >= 0.6 is 0 Å². The first-order valence-corrected chi connectivity index (χ1v) is 9.16. The van der Waals surface area contributed by atoms with Crippen molar-refractivity contribution in [1.29, 1.82) is 5.26 Å². The molecule has 0 saturated carbocycles. The third kappa shape index (κ3) is 4.30. The molecule has 26 heavy (non-hydrogen) atoms. The first kappa shape index (κ1) is 18.2. The summed E-state index contributed by atoms with van der Waals surface area (Å²) < 4.78 is 0. The topological polar surface area (TPSA) is 56.1 Å². The molecular formula is C22H25N3O. The molecule has 2 aromatic rings. The Morgan fingerprint density at radius 3 is 2.50 bits per heavy atom. The van der Waals surface area contributed by atoms with Gasteiger partial charge in [-0.1, -0.05) is 36.4 Å². The van der Waals surface area contributed by atoms with Crippen molar-refractivity contribution >= 4 is 5.91 Å². The maximum absolute atomic E-state index is 12.5. The molecule has 1 aliphatic rings. The number of carbonyl (C=O) groups excluding carboxylic acids is 1. The van der Waals surface area contributed by atoms with Gasteiger partial charge in [0.15, 0.2) is 0 Å². The van der Waals surface area contributed by atoms with Crippen molar-refractivity contribution in [2.45, 2.75) is 25.8 Å². The van der Waals surface area contributed by atoms with Gasteiger partial charge in [0.1, 0.15) is 0 Å². The molecule has 0 bridgehead atoms. The van der Waals surface area contributed by atoms with E-state index >= 15 is 0 Å². The Kier molecular flexibility index (Phi) is 5.70. The number of hydrogen-bond donors (Lipinski definition) is 1. The van der Waals surface area contributed by atoms with Gasteiger partial charge >= 0.3 is 0 Å². The van der Waals surface area contributed by atoms with Crippen molar-refractivity contribution in [3.8, 4) is 17.2 Å². The highest BCUT2D eigenvalue weighted by Crippen LogP contribution is 2.24. The lowest BCUT2D eigenvalue weighted by molar-refractivity contribution is -0.127. The van der Waals surface area contributed by atoms with E-state index in [-0.39, 0.29) is 17.9 Å². The Morgan fingerprint density at radius 1 is 1.15 bits per heavy atom. The van der Waals surface area contributed by atoms with Crippen LogP contribution in [0.1, 0.15) is 36.9 Å². The van der Waals surface area contributed by atoms with Crippen LogP contribution < -0.4 is 5.32 Å². The van der Waals surface area contributed by atoms with Gasteiger partial charge in [-0.2, -0.15) is 5.26 Å². The average Bonchev–Trinajstić information content (AvgIpc) is 2.68. The second-order valence-electron chi connectivity index (χ2n) is 7.12. The van der Waals surface area contributed by atoms with E-state index in [0.29, 0.717) is 5.56 Å². The molecule has 0 aromatic heterocycles. The van der Waals surface area contributed by atoms with E-state index in [1.807, 2.05) is 49.4 Å². The molecule has 3 rings (SSSR count). The Bertz CT molecular complexity index is 799. The van der Waals surface area contributed by atoms with E-state index in [1.165, 1.54) is 0 Å². The summed E-state index contributed by atoms with van der Waals surface area (Å²) in [5.41, 5.74) is 3.84. The van der Waals surface area contributed by atoms with Gasteiger partial charge < -0.3 is 10.2 Å². The molecule has 0 spiro atoms. The third-order valence-electron chi connectivity index (χ3n) is 5.18. The SMILES string of the molecule is C[C@H](NC(=O)C1CCN(C)CC1)c1ccc(-c2cccc(C#N)c2)cc1. The maximum Gasteiger partial charge on any atom is 0.223 e. The molecule has 0 unspecified atom stereocenters. The van der Waals surface area contributed by atoms with Crippen LogP contribution in [0.3, 0.4) is 0 Å². The molecule has 4 heteroatoms. The van der Waals surface area contributed by atoms with Gasteiger partial charge in [0.2, 0.25) is 5.91 Å². The van der Waals surface area contributed by atoms with Gasteiger partial charge in [-0.05, 0) is 68.7 Å². The Balaban J connectivity index is 1.64. The highest BCUT2D eigenvalue weighted by Gasteiger charge is 2.24. The normalized spacial score (nSPS) is 16.7. The Hall–Kier alpha value is -2.64. The first-order chi connectivity index (χ1) is 12.6. The number of benzene rings is 2. The van der Waals surface area contributed by atoms with Crippen LogP contribution in [0.2, 0.25) is 0 Å². The fourth-order valence-corrected chi connectivity index (χ4v) is 3.42. The van der Waals surface area contributed by atoms with Gasteiger partial charge in [0.25, 0.3) is 0 Å². The summed E-state index contributed by atoms with van der Waals surface area (Å²) in [7, 11) is 2.10. The van der Waals surface area contributed by atoms with Gasteiger partial charge in [0.05, 0.1) is 17.7 Å². The average molecular weight is 347 g/mol. The van der Waals surface area contributed by atoms with Crippen molar-refractivity contribution in [1.82, 2.24) is 10.2 Å². The summed E-state index contributed by atoms with van der Waals surface area (Å²) in [6, 6.07) is 17.9. The van der Waals surface area contributed by atoms with Crippen molar-refractivity contribution in [3.63, 3.8) is 0 Å². The predicted molar refractivity (Wildman–Crippen MR) is 103 cm³/mol. The largest absolute Gasteiger partial charge is 0.349 e. The summed E-state index contributed by atoms with van der Waals surface area (Å²) in [5, 5.41) is 12.2. The van der Waals surface area contributed by atoms with Crippen LogP contribution in [0.5, 0.6) is 0 Å². The minimum Gasteiger partial charge on any atom is -0.349 e. The van der Waals surface area contributed by atoms with Gasteiger partial charge in [-0.25, -0.2) is 0 Å². The molecule has 1 amide bonds. The zero-order chi connectivity index (χ0) is 18.5. The van der Waals surface area contributed by atoms with Crippen LogP contribution in [0.15, 0.2) is 48.5 Å². The van der Waals surface area contributed by atoms with Crippen LogP contribution in [-0.4, -0.2) is 30.9 Å². The minimum atomic E-state index is -0.0124. The summed E-state index contributed by atoms with van der Waals surface area (Å²) in [6.07, 6.45) is 1.87. The lowest BCUT2D eigenvalue weighted by Gasteiger charge is -2.29. The summed E-state index contributed by atoms with van der Waals surface area (Å²) in [6.45, 7) is 4.00. The number of amides is 1. The number of piperidine rings is 1. The van der Waals surface area contributed by atoms with E-state index < -0.39 is 0 Å². The van der Waals surface area contributed by atoms with Crippen LogP contribution in [0, 0.1) is 17.2 Å². The number of likely N-dealkylation sites (tertiary alicyclic amines) is 1. The summed E-state index contributed by atoms with van der Waals surface area (Å²) in [4.78, 5) is 14.8. The molecular weight excluding hydrogens is 322 g/mol. The quantitative estimate of drug-likeness (QED) is 0.916. The number of nitriles is 1. The molecule has 1 saturated heterocycles.